The van der Waals surface area contributed by atoms with Crippen LogP contribution in [0.4, 0.5) is 0 Å². The Hall–Kier alpha value is -1.32. The van der Waals surface area contributed by atoms with Gasteiger partial charge in [-0.1, -0.05) is 19.3 Å². The highest BCUT2D eigenvalue weighted by atomic mass is 16.5. The van der Waals surface area contributed by atoms with Crippen LogP contribution in [0.3, 0.4) is 0 Å². The first kappa shape index (κ1) is 13.1. The molecular formula is C14H20O4. The second-order valence-electron chi connectivity index (χ2n) is 5.34. The molecule has 18 heavy (non-hydrogen) atoms. The van der Waals surface area contributed by atoms with E-state index in [4.69, 9.17) is 0 Å². The Morgan fingerprint density at radius 2 is 1.83 bits per heavy atom. The van der Waals surface area contributed by atoms with E-state index in [1.807, 2.05) is 0 Å². The van der Waals surface area contributed by atoms with E-state index in [1.54, 1.807) is 0 Å². The summed E-state index contributed by atoms with van der Waals surface area (Å²) in [5.74, 6) is -0.561. The number of carbonyl (C=O) groups is 2. The van der Waals surface area contributed by atoms with E-state index < -0.39 is 11.4 Å². The van der Waals surface area contributed by atoms with Crippen molar-refractivity contribution in [1.29, 1.82) is 0 Å². The second kappa shape index (κ2) is 5.12. The summed E-state index contributed by atoms with van der Waals surface area (Å²) >= 11 is 0. The summed E-state index contributed by atoms with van der Waals surface area (Å²) in [5.41, 5.74) is -0.918. The van der Waals surface area contributed by atoms with E-state index in [1.165, 1.54) is 19.6 Å². The maximum atomic E-state index is 12.0. The molecule has 4 nitrogen and oxygen atoms in total. The third kappa shape index (κ3) is 2.42. The highest BCUT2D eigenvalue weighted by molar-refractivity contribution is 5.94. The highest BCUT2D eigenvalue weighted by Crippen LogP contribution is 2.52. The molecule has 2 fully saturated rings. The van der Waals surface area contributed by atoms with Crippen molar-refractivity contribution in [3.05, 3.63) is 11.8 Å². The van der Waals surface area contributed by atoms with Gasteiger partial charge in [0.2, 0.25) is 0 Å². The molecule has 4 heteroatoms. The van der Waals surface area contributed by atoms with Crippen LogP contribution in [0.1, 0.15) is 44.9 Å². The number of ether oxygens (including phenoxy) is 1. The van der Waals surface area contributed by atoms with Crippen molar-refractivity contribution in [2.24, 2.45) is 11.3 Å². The molecule has 0 heterocycles. The standard InChI is InChI=1S/C14H20O4/c1-18-13(17)14(7-8-14)12(16)9-11(15)10-5-3-2-4-6-10/h9-10,16H,2-8H2,1H3/b12-9-. The number of rotatable bonds is 4. The van der Waals surface area contributed by atoms with Gasteiger partial charge in [-0.2, -0.15) is 0 Å². The minimum absolute atomic E-state index is 0.0225. The highest BCUT2D eigenvalue weighted by Gasteiger charge is 2.55. The van der Waals surface area contributed by atoms with Gasteiger partial charge in [-0.15, -0.1) is 0 Å². The molecule has 0 bridgehead atoms. The molecule has 2 rings (SSSR count). The van der Waals surface area contributed by atoms with Crippen molar-refractivity contribution >= 4 is 11.8 Å². The van der Waals surface area contributed by atoms with E-state index in [9.17, 15) is 14.7 Å². The number of hydrogen-bond acceptors (Lipinski definition) is 4. The van der Waals surface area contributed by atoms with Crippen molar-refractivity contribution in [1.82, 2.24) is 0 Å². The molecule has 0 aromatic heterocycles. The Bertz CT molecular complexity index is 373. The fraction of sp³-hybridized carbons (Fsp3) is 0.714. The van der Waals surface area contributed by atoms with Crippen LogP contribution in [0.2, 0.25) is 0 Å². The third-order valence-corrected chi connectivity index (χ3v) is 4.10. The van der Waals surface area contributed by atoms with E-state index in [2.05, 4.69) is 4.74 Å². The van der Waals surface area contributed by atoms with Crippen molar-refractivity contribution in [2.45, 2.75) is 44.9 Å². The van der Waals surface area contributed by atoms with Gasteiger partial charge in [-0.25, -0.2) is 0 Å². The Labute approximate surface area is 107 Å². The smallest absolute Gasteiger partial charge is 0.319 e. The van der Waals surface area contributed by atoms with Gasteiger partial charge < -0.3 is 9.84 Å². The third-order valence-electron chi connectivity index (χ3n) is 4.10. The average Bonchev–Trinajstić information content (AvgIpc) is 3.20. The fourth-order valence-electron chi connectivity index (χ4n) is 2.66. The zero-order valence-electron chi connectivity index (χ0n) is 10.8. The Kier molecular flexibility index (Phi) is 3.73. The van der Waals surface area contributed by atoms with E-state index >= 15 is 0 Å². The Morgan fingerprint density at radius 3 is 2.33 bits per heavy atom. The first-order valence-corrected chi connectivity index (χ1v) is 6.63. The quantitative estimate of drug-likeness (QED) is 0.474. The summed E-state index contributed by atoms with van der Waals surface area (Å²) in [4.78, 5) is 23.6. The molecule has 1 N–H and O–H groups in total. The topological polar surface area (TPSA) is 63.6 Å². The molecule has 2 aliphatic carbocycles. The van der Waals surface area contributed by atoms with Crippen LogP contribution < -0.4 is 0 Å². The number of esters is 1. The van der Waals surface area contributed by atoms with Gasteiger partial charge in [-0.05, 0) is 25.7 Å². The molecule has 0 saturated heterocycles. The van der Waals surface area contributed by atoms with Crippen LogP contribution in [0.15, 0.2) is 11.8 Å². The molecule has 2 aliphatic rings. The van der Waals surface area contributed by atoms with E-state index in [0.29, 0.717) is 12.8 Å². The van der Waals surface area contributed by atoms with Crippen molar-refractivity contribution < 1.29 is 19.4 Å². The molecule has 0 unspecified atom stereocenters. The molecule has 0 amide bonds. The normalized spacial score (nSPS) is 23.5. The molecule has 0 spiro atoms. The number of aliphatic hydroxyl groups excluding tert-OH is 1. The van der Waals surface area contributed by atoms with Crippen molar-refractivity contribution in [2.75, 3.05) is 7.11 Å². The predicted molar refractivity (Wildman–Crippen MR) is 66.0 cm³/mol. The minimum Gasteiger partial charge on any atom is -0.511 e. The summed E-state index contributed by atoms with van der Waals surface area (Å²) in [5, 5.41) is 9.98. The zero-order valence-corrected chi connectivity index (χ0v) is 10.8. The van der Waals surface area contributed by atoms with Crippen LogP contribution in [-0.2, 0) is 14.3 Å². The van der Waals surface area contributed by atoms with Crippen LogP contribution >= 0.6 is 0 Å². The Morgan fingerprint density at radius 1 is 1.22 bits per heavy atom. The van der Waals surface area contributed by atoms with E-state index in [-0.39, 0.29) is 17.5 Å². The monoisotopic (exact) mass is 252 g/mol. The maximum Gasteiger partial charge on any atom is 0.319 e. The number of carbonyl (C=O) groups excluding carboxylic acids is 2. The van der Waals surface area contributed by atoms with Crippen LogP contribution in [0.5, 0.6) is 0 Å². The zero-order chi connectivity index (χ0) is 13.2. The summed E-state index contributed by atoms with van der Waals surface area (Å²) < 4.78 is 4.67. The van der Waals surface area contributed by atoms with Gasteiger partial charge in [0.05, 0.1) is 7.11 Å². The predicted octanol–water partition coefficient (Wildman–Crippen LogP) is 2.53. The Balaban J connectivity index is 2.03. The van der Waals surface area contributed by atoms with Gasteiger partial charge in [0.1, 0.15) is 11.2 Å². The minimum atomic E-state index is -0.918. The van der Waals surface area contributed by atoms with Crippen molar-refractivity contribution in [3.8, 4) is 0 Å². The number of ketones is 1. The lowest BCUT2D eigenvalue weighted by atomic mass is 9.85. The molecule has 100 valence electrons. The fourth-order valence-corrected chi connectivity index (χ4v) is 2.66. The average molecular weight is 252 g/mol. The number of hydrogen-bond donors (Lipinski definition) is 1. The van der Waals surface area contributed by atoms with Crippen LogP contribution in [0, 0.1) is 11.3 Å². The van der Waals surface area contributed by atoms with Gasteiger partial charge in [0, 0.05) is 12.0 Å². The first-order valence-electron chi connectivity index (χ1n) is 6.63. The van der Waals surface area contributed by atoms with Crippen LogP contribution in [0.25, 0.3) is 0 Å². The molecule has 0 aromatic carbocycles. The second-order valence-corrected chi connectivity index (χ2v) is 5.34. The molecule has 0 aromatic rings. The first-order chi connectivity index (χ1) is 8.60. The van der Waals surface area contributed by atoms with Gasteiger partial charge in [0.15, 0.2) is 5.78 Å². The lowest BCUT2D eigenvalue weighted by molar-refractivity contribution is -0.146. The van der Waals surface area contributed by atoms with Gasteiger partial charge in [0.25, 0.3) is 0 Å². The lowest BCUT2D eigenvalue weighted by Crippen LogP contribution is -2.22. The SMILES string of the molecule is COC(=O)C1(/C(O)=C/C(=O)C2CCCCC2)CC1. The number of aliphatic hydroxyl groups is 1. The molecule has 0 aliphatic heterocycles. The largest absolute Gasteiger partial charge is 0.511 e. The number of allylic oxidation sites excluding steroid dienone is 1. The molecule has 2 saturated carbocycles. The maximum absolute atomic E-state index is 12.0. The summed E-state index contributed by atoms with van der Waals surface area (Å²) in [7, 11) is 1.30. The van der Waals surface area contributed by atoms with Crippen molar-refractivity contribution in [3.63, 3.8) is 0 Å². The summed E-state index contributed by atoms with van der Waals surface area (Å²) in [6, 6.07) is 0. The summed E-state index contributed by atoms with van der Waals surface area (Å²) in [6.45, 7) is 0. The van der Waals surface area contributed by atoms with Gasteiger partial charge >= 0.3 is 5.97 Å². The molecule has 0 radical (unpaired) electrons. The molecule has 0 atom stereocenters. The molecular weight excluding hydrogens is 232 g/mol. The van der Waals surface area contributed by atoms with E-state index in [0.717, 1.165) is 25.7 Å². The lowest BCUT2D eigenvalue weighted by Gasteiger charge is -2.19. The van der Waals surface area contributed by atoms with Crippen LogP contribution in [-0.4, -0.2) is 24.0 Å². The van der Waals surface area contributed by atoms with Gasteiger partial charge in [-0.3, -0.25) is 9.59 Å². The number of methoxy groups -OCH3 is 1. The summed E-state index contributed by atoms with van der Waals surface area (Å²) in [6.07, 6.45) is 7.54.